The first-order chi connectivity index (χ1) is 13.5. The zero-order valence-corrected chi connectivity index (χ0v) is 16.3. The minimum Gasteiger partial charge on any atom is -0.497 e. The van der Waals surface area contributed by atoms with Crippen LogP contribution in [0.5, 0.6) is 11.5 Å². The predicted octanol–water partition coefficient (Wildman–Crippen LogP) is 2.75. The van der Waals surface area contributed by atoms with E-state index in [0.717, 1.165) is 17.7 Å². The second-order valence-corrected chi connectivity index (χ2v) is 6.08. The first kappa shape index (κ1) is 21.0. The molecule has 0 fully saturated rings. The molecule has 148 valence electrons. The topological polar surface area (TPSA) is 89.0 Å². The Morgan fingerprint density at radius 3 is 2.32 bits per heavy atom. The van der Waals surface area contributed by atoms with E-state index in [0.29, 0.717) is 17.9 Å². The predicted molar refractivity (Wildman–Crippen MR) is 108 cm³/mol. The maximum atomic E-state index is 12.2. The molecule has 28 heavy (non-hydrogen) atoms. The molecular weight excluding hydrogens is 358 g/mol. The first-order valence-corrected chi connectivity index (χ1v) is 9.04. The van der Waals surface area contributed by atoms with Crippen LogP contribution < -0.4 is 20.2 Å². The van der Waals surface area contributed by atoms with E-state index in [1.165, 1.54) is 6.21 Å². The lowest BCUT2D eigenvalue weighted by Gasteiger charge is -2.12. The molecule has 1 unspecified atom stereocenters. The third-order valence-corrected chi connectivity index (χ3v) is 3.83. The van der Waals surface area contributed by atoms with E-state index in [1.54, 1.807) is 38.3 Å². The number of hydrazone groups is 1. The highest BCUT2D eigenvalue weighted by atomic mass is 16.5. The molecule has 2 N–H and O–H groups in total. The van der Waals surface area contributed by atoms with Gasteiger partial charge in [-0.3, -0.25) is 9.59 Å². The Hall–Kier alpha value is -3.35. The van der Waals surface area contributed by atoms with Gasteiger partial charge in [0.1, 0.15) is 17.5 Å². The van der Waals surface area contributed by atoms with Crippen LogP contribution >= 0.6 is 0 Å². The van der Waals surface area contributed by atoms with Gasteiger partial charge in [0.05, 0.1) is 19.9 Å². The fourth-order valence-electron chi connectivity index (χ4n) is 2.23. The molecule has 0 saturated heterocycles. The summed E-state index contributed by atoms with van der Waals surface area (Å²) in [6.07, 6.45) is 2.47. The number of carbonyl (C=O) groups is 2. The third-order valence-electron chi connectivity index (χ3n) is 3.83. The summed E-state index contributed by atoms with van der Waals surface area (Å²) in [6.45, 7) is 4.31. The summed E-state index contributed by atoms with van der Waals surface area (Å²) >= 11 is 0. The molecule has 0 spiro atoms. The lowest BCUT2D eigenvalue weighted by Crippen LogP contribution is -2.43. The van der Waals surface area contributed by atoms with Crippen LogP contribution in [-0.4, -0.2) is 37.8 Å². The molecule has 7 heteroatoms. The number of amides is 2. The van der Waals surface area contributed by atoms with Gasteiger partial charge < -0.3 is 14.8 Å². The fraction of sp³-hybridized carbons (Fsp3) is 0.286. The Balaban J connectivity index is 1.82. The lowest BCUT2D eigenvalue weighted by molar-refractivity contribution is -0.122. The minimum absolute atomic E-state index is 0.350. The Kier molecular flexibility index (Phi) is 8.02. The number of hydrogen-bond acceptors (Lipinski definition) is 5. The fourth-order valence-corrected chi connectivity index (χ4v) is 2.23. The molecule has 0 heterocycles. The van der Waals surface area contributed by atoms with Crippen LogP contribution in [0.15, 0.2) is 53.6 Å². The van der Waals surface area contributed by atoms with Crippen molar-refractivity contribution in [3.8, 4) is 11.5 Å². The Bertz CT molecular complexity index is 801. The SMILES string of the molecule is CCCOc1ccc(C=NNC(=O)C(C)NC(=O)c2ccc(OC)cc2)cc1. The Morgan fingerprint density at radius 1 is 1.07 bits per heavy atom. The first-order valence-electron chi connectivity index (χ1n) is 9.04. The molecule has 0 radical (unpaired) electrons. The van der Waals surface area contributed by atoms with E-state index in [-0.39, 0.29) is 5.91 Å². The van der Waals surface area contributed by atoms with E-state index in [2.05, 4.69) is 15.8 Å². The monoisotopic (exact) mass is 383 g/mol. The van der Waals surface area contributed by atoms with Crippen molar-refractivity contribution in [2.45, 2.75) is 26.3 Å². The average Bonchev–Trinajstić information content (AvgIpc) is 2.73. The number of benzene rings is 2. The second-order valence-electron chi connectivity index (χ2n) is 6.08. The van der Waals surface area contributed by atoms with Gasteiger partial charge in [-0.1, -0.05) is 6.92 Å². The minimum atomic E-state index is -0.739. The lowest BCUT2D eigenvalue weighted by atomic mass is 10.2. The maximum absolute atomic E-state index is 12.2. The van der Waals surface area contributed by atoms with E-state index in [4.69, 9.17) is 9.47 Å². The smallest absolute Gasteiger partial charge is 0.262 e. The van der Waals surface area contributed by atoms with Gasteiger partial charge in [-0.25, -0.2) is 5.43 Å². The normalized spacial score (nSPS) is 11.7. The Morgan fingerprint density at radius 2 is 1.71 bits per heavy atom. The summed E-state index contributed by atoms with van der Waals surface area (Å²) in [7, 11) is 1.55. The number of carbonyl (C=O) groups excluding carboxylic acids is 2. The van der Waals surface area contributed by atoms with Crippen molar-refractivity contribution in [2.75, 3.05) is 13.7 Å². The van der Waals surface area contributed by atoms with E-state index >= 15 is 0 Å². The van der Waals surface area contributed by atoms with Gasteiger partial charge in [0.15, 0.2) is 0 Å². The van der Waals surface area contributed by atoms with Crippen LogP contribution in [-0.2, 0) is 4.79 Å². The molecule has 2 amide bonds. The quantitative estimate of drug-likeness (QED) is 0.515. The largest absolute Gasteiger partial charge is 0.497 e. The van der Waals surface area contributed by atoms with Gasteiger partial charge >= 0.3 is 0 Å². The second kappa shape index (κ2) is 10.7. The van der Waals surface area contributed by atoms with Gasteiger partial charge in [0.25, 0.3) is 11.8 Å². The van der Waals surface area contributed by atoms with Crippen LogP contribution in [0.1, 0.15) is 36.2 Å². The van der Waals surface area contributed by atoms with Crippen molar-refractivity contribution in [3.05, 3.63) is 59.7 Å². The van der Waals surface area contributed by atoms with Crippen molar-refractivity contribution < 1.29 is 19.1 Å². The van der Waals surface area contributed by atoms with Gasteiger partial charge in [0, 0.05) is 5.56 Å². The maximum Gasteiger partial charge on any atom is 0.262 e. The zero-order chi connectivity index (χ0) is 20.4. The van der Waals surface area contributed by atoms with Crippen LogP contribution in [0.3, 0.4) is 0 Å². The molecule has 0 aliphatic rings. The molecule has 0 bridgehead atoms. The van der Waals surface area contributed by atoms with Crippen molar-refractivity contribution in [1.82, 2.24) is 10.7 Å². The van der Waals surface area contributed by atoms with Gasteiger partial charge in [-0.15, -0.1) is 0 Å². The summed E-state index contributed by atoms with van der Waals surface area (Å²) in [5.74, 6) is 0.678. The van der Waals surface area contributed by atoms with Crippen molar-refractivity contribution in [2.24, 2.45) is 5.10 Å². The number of ether oxygens (including phenoxy) is 2. The summed E-state index contributed by atoms with van der Waals surface area (Å²) < 4.78 is 10.6. The molecule has 2 aromatic rings. The average molecular weight is 383 g/mol. The highest BCUT2D eigenvalue weighted by Gasteiger charge is 2.16. The molecule has 0 aliphatic heterocycles. The molecule has 2 rings (SSSR count). The van der Waals surface area contributed by atoms with Crippen molar-refractivity contribution in [3.63, 3.8) is 0 Å². The molecule has 0 aromatic heterocycles. The van der Waals surface area contributed by atoms with Gasteiger partial charge in [-0.05, 0) is 67.4 Å². The molecule has 7 nitrogen and oxygen atoms in total. The number of nitrogens with zero attached hydrogens (tertiary/aromatic N) is 1. The molecule has 0 saturated carbocycles. The van der Waals surface area contributed by atoms with E-state index in [9.17, 15) is 9.59 Å². The highest BCUT2D eigenvalue weighted by molar-refractivity contribution is 5.97. The van der Waals surface area contributed by atoms with Crippen LogP contribution in [0.4, 0.5) is 0 Å². The molecular formula is C21H25N3O4. The number of methoxy groups -OCH3 is 1. The number of hydrogen-bond donors (Lipinski definition) is 2. The van der Waals surface area contributed by atoms with Crippen molar-refractivity contribution in [1.29, 1.82) is 0 Å². The molecule has 0 aliphatic carbocycles. The summed E-state index contributed by atoms with van der Waals surface area (Å²) in [4.78, 5) is 24.3. The third kappa shape index (κ3) is 6.42. The van der Waals surface area contributed by atoms with E-state index < -0.39 is 11.9 Å². The van der Waals surface area contributed by atoms with Crippen LogP contribution in [0.25, 0.3) is 0 Å². The van der Waals surface area contributed by atoms with E-state index in [1.807, 2.05) is 31.2 Å². The Labute approximate surface area is 164 Å². The number of rotatable bonds is 9. The standard InChI is InChI=1S/C21H25N3O4/c1-4-13-28-19-9-5-16(6-10-19)14-22-24-20(25)15(2)23-21(26)17-7-11-18(27-3)12-8-17/h5-12,14-15H,4,13H2,1-3H3,(H,23,26)(H,24,25). The summed E-state index contributed by atoms with van der Waals surface area (Å²) in [6, 6.07) is 13.3. The molecule has 1 atom stereocenters. The highest BCUT2D eigenvalue weighted by Crippen LogP contribution is 2.12. The van der Waals surface area contributed by atoms with Crippen LogP contribution in [0, 0.1) is 0 Å². The molecule has 2 aromatic carbocycles. The zero-order valence-electron chi connectivity index (χ0n) is 16.3. The summed E-state index contributed by atoms with van der Waals surface area (Å²) in [5, 5.41) is 6.55. The van der Waals surface area contributed by atoms with Crippen molar-refractivity contribution >= 4 is 18.0 Å². The number of nitrogens with one attached hydrogen (secondary N) is 2. The summed E-state index contributed by atoms with van der Waals surface area (Å²) in [5.41, 5.74) is 3.68. The van der Waals surface area contributed by atoms with Crippen LogP contribution in [0.2, 0.25) is 0 Å². The van der Waals surface area contributed by atoms with Gasteiger partial charge in [-0.2, -0.15) is 5.10 Å². The van der Waals surface area contributed by atoms with Gasteiger partial charge in [0.2, 0.25) is 0 Å².